The van der Waals surface area contributed by atoms with Crippen molar-refractivity contribution in [3.05, 3.63) is 64.7 Å². The van der Waals surface area contributed by atoms with Gasteiger partial charge in [0.2, 0.25) is 11.8 Å². The monoisotopic (exact) mass is 373 g/mol. The van der Waals surface area contributed by atoms with Crippen molar-refractivity contribution in [2.75, 3.05) is 5.75 Å². The first-order valence-electron chi connectivity index (χ1n) is 7.64. The Labute approximate surface area is 154 Å². The van der Waals surface area contributed by atoms with Gasteiger partial charge >= 0.3 is 0 Å². The molecule has 0 spiro atoms. The summed E-state index contributed by atoms with van der Waals surface area (Å²) in [5.74, 6) is 0.558. The van der Waals surface area contributed by atoms with Gasteiger partial charge in [-0.15, -0.1) is 10.2 Å². The van der Waals surface area contributed by atoms with E-state index in [4.69, 9.17) is 16.0 Å². The van der Waals surface area contributed by atoms with Crippen LogP contribution in [0.1, 0.15) is 11.1 Å². The van der Waals surface area contributed by atoms with Crippen molar-refractivity contribution < 1.29 is 9.21 Å². The Balaban J connectivity index is 1.49. The summed E-state index contributed by atoms with van der Waals surface area (Å²) in [6.07, 6.45) is 0. The Morgan fingerprint density at radius 2 is 1.84 bits per heavy atom. The number of halogens is 1. The van der Waals surface area contributed by atoms with E-state index in [0.29, 0.717) is 22.7 Å². The van der Waals surface area contributed by atoms with Gasteiger partial charge in [-0.25, -0.2) is 0 Å². The van der Waals surface area contributed by atoms with E-state index >= 15 is 0 Å². The van der Waals surface area contributed by atoms with Gasteiger partial charge < -0.3 is 9.73 Å². The highest BCUT2D eigenvalue weighted by Crippen LogP contribution is 2.23. The Morgan fingerprint density at radius 1 is 1.12 bits per heavy atom. The van der Waals surface area contributed by atoms with Crippen LogP contribution in [-0.2, 0) is 11.3 Å². The molecule has 0 saturated heterocycles. The largest absolute Gasteiger partial charge is 0.411 e. The Morgan fingerprint density at radius 3 is 2.56 bits per heavy atom. The number of benzene rings is 2. The minimum Gasteiger partial charge on any atom is -0.411 e. The number of amides is 1. The standard InChI is InChI=1S/C18H16ClN3O2S/c1-12-2-6-14(7-3-12)17-21-22-18(24-17)25-11-16(23)20-10-13-4-8-15(19)9-5-13/h2-9H,10-11H2,1H3,(H,20,23). The summed E-state index contributed by atoms with van der Waals surface area (Å²) >= 11 is 7.04. The number of carbonyl (C=O) groups is 1. The minimum atomic E-state index is -0.102. The maximum atomic E-state index is 11.9. The van der Waals surface area contributed by atoms with Gasteiger partial charge in [-0.3, -0.25) is 4.79 Å². The molecule has 0 atom stereocenters. The van der Waals surface area contributed by atoms with Crippen molar-refractivity contribution in [1.29, 1.82) is 0 Å². The molecule has 1 amide bonds. The average molecular weight is 374 g/mol. The Bertz CT molecular complexity index is 848. The molecule has 0 bridgehead atoms. The first-order chi connectivity index (χ1) is 12.1. The van der Waals surface area contributed by atoms with Crippen LogP contribution in [0.5, 0.6) is 0 Å². The maximum Gasteiger partial charge on any atom is 0.277 e. The Kier molecular flexibility index (Phi) is 5.73. The third-order valence-electron chi connectivity index (χ3n) is 3.43. The second-order valence-electron chi connectivity index (χ2n) is 5.43. The molecule has 0 saturated carbocycles. The van der Waals surface area contributed by atoms with Crippen molar-refractivity contribution in [2.24, 2.45) is 0 Å². The van der Waals surface area contributed by atoms with E-state index in [1.807, 2.05) is 43.3 Å². The number of hydrogen-bond donors (Lipinski definition) is 1. The van der Waals surface area contributed by atoms with Crippen molar-refractivity contribution in [1.82, 2.24) is 15.5 Å². The zero-order chi connectivity index (χ0) is 17.6. The van der Waals surface area contributed by atoms with Crippen LogP contribution >= 0.6 is 23.4 Å². The molecule has 7 heteroatoms. The van der Waals surface area contributed by atoms with Gasteiger partial charge in [-0.2, -0.15) is 0 Å². The summed E-state index contributed by atoms with van der Waals surface area (Å²) in [7, 11) is 0. The highest BCUT2D eigenvalue weighted by Gasteiger charge is 2.11. The van der Waals surface area contributed by atoms with Gasteiger partial charge in [-0.05, 0) is 36.8 Å². The number of carbonyl (C=O) groups excluding carboxylic acids is 1. The van der Waals surface area contributed by atoms with Crippen LogP contribution in [0.2, 0.25) is 5.02 Å². The molecule has 5 nitrogen and oxygen atoms in total. The smallest absolute Gasteiger partial charge is 0.277 e. The van der Waals surface area contributed by atoms with E-state index in [1.54, 1.807) is 12.1 Å². The van der Waals surface area contributed by atoms with Crippen molar-refractivity contribution in [3.8, 4) is 11.5 Å². The number of thioether (sulfide) groups is 1. The van der Waals surface area contributed by atoms with Crippen LogP contribution < -0.4 is 5.32 Å². The van der Waals surface area contributed by atoms with Crippen LogP contribution in [0.25, 0.3) is 11.5 Å². The van der Waals surface area contributed by atoms with Crippen LogP contribution in [0.4, 0.5) is 0 Å². The summed E-state index contributed by atoms with van der Waals surface area (Å²) in [6, 6.07) is 15.2. The maximum absolute atomic E-state index is 11.9. The number of rotatable bonds is 6. The summed E-state index contributed by atoms with van der Waals surface area (Å²) in [6.45, 7) is 2.47. The Hall–Kier alpha value is -2.31. The molecule has 0 aliphatic rings. The van der Waals surface area contributed by atoms with E-state index in [1.165, 1.54) is 11.8 Å². The lowest BCUT2D eigenvalue weighted by Gasteiger charge is -2.04. The number of aromatic nitrogens is 2. The fourth-order valence-corrected chi connectivity index (χ4v) is 2.78. The number of hydrogen-bond acceptors (Lipinski definition) is 5. The van der Waals surface area contributed by atoms with Gasteiger partial charge in [0, 0.05) is 17.1 Å². The predicted octanol–water partition coefficient (Wildman–Crippen LogP) is 4.11. The van der Waals surface area contributed by atoms with Crippen molar-refractivity contribution >= 4 is 29.3 Å². The molecule has 128 valence electrons. The molecule has 1 heterocycles. The normalized spacial score (nSPS) is 10.6. The first-order valence-corrected chi connectivity index (χ1v) is 9.01. The topological polar surface area (TPSA) is 68.0 Å². The third kappa shape index (κ3) is 5.08. The summed E-state index contributed by atoms with van der Waals surface area (Å²) in [5, 5.41) is 11.9. The highest BCUT2D eigenvalue weighted by atomic mass is 35.5. The van der Waals surface area contributed by atoms with Crippen LogP contribution in [-0.4, -0.2) is 21.9 Å². The quantitative estimate of drug-likeness (QED) is 0.658. The molecule has 3 aromatic rings. The fraction of sp³-hybridized carbons (Fsp3) is 0.167. The van der Waals surface area contributed by atoms with Crippen molar-refractivity contribution in [3.63, 3.8) is 0 Å². The summed E-state index contributed by atoms with van der Waals surface area (Å²) in [5.41, 5.74) is 3.01. The molecule has 0 radical (unpaired) electrons. The average Bonchev–Trinajstić information content (AvgIpc) is 3.09. The van der Waals surface area contributed by atoms with Gasteiger partial charge in [0.05, 0.1) is 5.75 Å². The molecule has 1 N–H and O–H groups in total. The van der Waals surface area contributed by atoms with E-state index in [0.717, 1.165) is 16.7 Å². The van der Waals surface area contributed by atoms with Crippen LogP contribution in [0.15, 0.2) is 58.2 Å². The second-order valence-corrected chi connectivity index (χ2v) is 6.79. The molecular formula is C18H16ClN3O2S. The molecule has 0 unspecified atom stereocenters. The molecule has 3 rings (SSSR count). The molecule has 0 aliphatic heterocycles. The van der Waals surface area contributed by atoms with E-state index in [-0.39, 0.29) is 11.7 Å². The highest BCUT2D eigenvalue weighted by molar-refractivity contribution is 7.99. The summed E-state index contributed by atoms with van der Waals surface area (Å²) < 4.78 is 5.58. The zero-order valence-electron chi connectivity index (χ0n) is 13.5. The summed E-state index contributed by atoms with van der Waals surface area (Å²) in [4.78, 5) is 11.9. The van der Waals surface area contributed by atoms with E-state index < -0.39 is 0 Å². The van der Waals surface area contributed by atoms with E-state index in [9.17, 15) is 4.79 Å². The third-order valence-corrected chi connectivity index (χ3v) is 4.51. The zero-order valence-corrected chi connectivity index (χ0v) is 15.1. The number of aryl methyl sites for hydroxylation is 1. The minimum absolute atomic E-state index is 0.102. The van der Waals surface area contributed by atoms with Crippen molar-refractivity contribution in [2.45, 2.75) is 18.7 Å². The lowest BCUT2D eigenvalue weighted by Crippen LogP contribution is -2.24. The van der Waals surface area contributed by atoms with Gasteiger partial charge in [0.25, 0.3) is 5.22 Å². The number of nitrogens with zero attached hydrogens (tertiary/aromatic N) is 2. The lowest BCUT2D eigenvalue weighted by atomic mass is 10.1. The first kappa shape index (κ1) is 17.5. The molecule has 1 aromatic heterocycles. The van der Waals surface area contributed by atoms with Crippen LogP contribution in [0.3, 0.4) is 0 Å². The predicted molar refractivity (Wildman–Crippen MR) is 98.5 cm³/mol. The van der Waals surface area contributed by atoms with Gasteiger partial charge in [0.1, 0.15) is 0 Å². The molecule has 2 aromatic carbocycles. The molecule has 0 fully saturated rings. The fourth-order valence-electron chi connectivity index (χ4n) is 2.06. The lowest BCUT2D eigenvalue weighted by molar-refractivity contribution is -0.118. The van der Waals surface area contributed by atoms with Gasteiger partial charge in [0.15, 0.2) is 0 Å². The molecular weight excluding hydrogens is 358 g/mol. The van der Waals surface area contributed by atoms with Gasteiger partial charge in [-0.1, -0.05) is 53.2 Å². The molecule has 0 aliphatic carbocycles. The second kappa shape index (κ2) is 8.18. The SMILES string of the molecule is Cc1ccc(-c2nnc(SCC(=O)NCc3ccc(Cl)cc3)o2)cc1. The van der Waals surface area contributed by atoms with Crippen LogP contribution in [0, 0.1) is 6.92 Å². The molecule has 25 heavy (non-hydrogen) atoms. The van der Waals surface area contributed by atoms with E-state index in [2.05, 4.69) is 15.5 Å². The number of nitrogens with one attached hydrogen (secondary N) is 1.